The van der Waals surface area contributed by atoms with Crippen molar-refractivity contribution in [3.8, 4) is 11.5 Å². The fourth-order valence-corrected chi connectivity index (χ4v) is 5.83. The predicted octanol–water partition coefficient (Wildman–Crippen LogP) is 3.04. The number of carbonyl (C=O) groups excluding carboxylic acids is 1. The van der Waals surface area contributed by atoms with Gasteiger partial charge in [-0.15, -0.1) is 0 Å². The van der Waals surface area contributed by atoms with Crippen LogP contribution < -0.4 is 14.1 Å². The zero-order valence-corrected chi connectivity index (χ0v) is 21.5. The highest BCUT2D eigenvalue weighted by atomic mass is 31.2. The van der Waals surface area contributed by atoms with E-state index in [0.29, 0.717) is 37.7 Å². The normalized spacial score (nSPS) is 18.5. The van der Waals surface area contributed by atoms with Crippen molar-refractivity contribution in [1.82, 2.24) is 9.80 Å². The van der Waals surface area contributed by atoms with E-state index >= 15 is 0 Å². The van der Waals surface area contributed by atoms with Gasteiger partial charge in [-0.2, -0.15) is 0 Å². The number of nitrogens with zero attached hydrogens (tertiary/aromatic N) is 3. The number of halogens is 1. The summed E-state index contributed by atoms with van der Waals surface area (Å²) in [6.07, 6.45) is 2.36. The molecule has 4 rings (SSSR count). The molecule has 11 heteroatoms. The molecule has 1 atom stereocenters. The number of carbonyl (C=O) groups is 1. The van der Waals surface area contributed by atoms with Gasteiger partial charge < -0.3 is 29.1 Å². The average Bonchev–Trinajstić information content (AvgIpc) is 2.87. The molecule has 2 N–H and O–H groups in total. The number of fused-ring (bicyclic) bond motifs is 1. The summed E-state index contributed by atoms with van der Waals surface area (Å²) in [6.45, 7) is 2.88. The molecule has 0 unspecified atom stereocenters. The maximum absolute atomic E-state index is 13.4. The molecule has 0 saturated carbocycles. The van der Waals surface area contributed by atoms with Crippen LogP contribution in [0.15, 0.2) is 36.4 Å². The Labute approximate surface area is 210 Å². The third-order valence-corrected chi connectivity index (χ3v) is 8.01. The van der Waals surface area contributed by atoms with Crippen LogP contribution in [0.1, 0.15) is 24.0 Å². The zero-order chi connectivity index (χ0) is 25.9. The molecule has 0 aromatic heterocycles. The Bertz CT molecular complexity index is 1130. The number of methoxy groups -OCH3 is 2. The second-order valence-corrected chi connectivity index (χ2v) is 10.7. The van der Waals surface area contributed by atoms with Gasteiger partial charge in [0.05, 0.1) is 20.1 Å². The summed E-state index contributed by atoms with van der Waals surface area (Å²) in [7, 11) is -1.39. The van der Waals surface area contributed by atoms with Crippen molar-refractivity contribution in [2.45, 2.75) is 25.8 Å². The van der Waals surface area contributed by atoms with Crippen molar-refractivity contribution >= 4 is 19.3 Å². The van der Waals surface area contributed by atoms with Crippen LogP contribution in [-0.2, 0) is 22.3 Å². The van der Waals surface area contributed by atoms with Gasteiger partial charge in [0.25, 0.3) is 0 Å². The van der Waals surface area contributed by atoms with Crippen LogP contribution in [0.4, 0.5) is 10.1 Å². The van der Waals surface area contributed by atoms with E-state index in [4.69, 9.17) is 9.47 Å². The number of piperidine rings is 1. The van der Waals surface area contributed by atoms with Gasteiger partial charge in [-0.3, -0.25) is 9.46 Å². The van der Waals surface area contributed by atoms with Crippen molar-refractivity contribution in [1.29, 1.82) is 0 Å². The molecule has 0 aliphatic carbocycles. The zero-order valence-electron chi connectivity index (χ0n) is 20.6. The van der Waals surface area contributed by atoms with E-state index in [0.717, 1.165) is 41.6 Å². The van der Waals surface area contributed by atoms with Crippen LogP contribution in [0.3, 0.4) is 0 Å². The third-order valence-electron chi connectivity index (χ3n) is 6.95. The van der Waals surface area contributed by atoms with Gasteiger partial charge in [-0.1, -0.05) is 0 Å². The first-order valence-electron chi connectivity index (χ1n) is 12.0. The first-order chi connectivity index (χ1) is 17.2. The summed E-state index contributed by atoms with van der Waals surface area (Å²) in [6, 6.07) is 8.98. The van der Waals surface area contributed by atoms with Crippen LogP contribution >= 0.6 is 7.75 Å². The first kappa shape index (κ1) is 26.4. The van der Waals surface area contributed by atoms with Crippen LogP contribution in [-0.4, -0.2) is 72.4 Å². The number of hydrogen-bond acceptors (Lipinski definition) is 5. The molecular weight excluding hydrogens is 488 g/mol. The number of amides is 1. The van der Waals surface area contributed by atoms with Gasteiger partial charge in [-0.05, 0) is 73.3 Å². The molecule has 0 bridgehead atoms. The first-order valence-corrected chi connectivity index (χ1v) is 13.6. The largest absolute Gasteiger partial charge is 0.493 e. The Balaban J connectivity index is 1.38. The van der Waals surface area contributed by atoms with Crippen molar-refractivity contribution in [2.24, 2.45) is 5.92 Å². The van der Waals surface area contributed by atoms with Crippen LogP contribution in [0, 0.1) is 11.7 Å². The highest BCUT2D eigenvalue weighted by Gasteiger charge is 2.33. The van der Waals surface area contributed by atoms with Crippen molar-refractivity contribution in [3.63, 3.8) is 0 Å². The Morgan fingerprint density at radius 1 is 1.11 bits per heavy atom. The summed E-state index contributed by atoms with van der Waals surface area (Å²) in [5.41, 5.74) is 2.46. The summed E-state index contributed by atoms with van der Waals surface area (Å²) >= 11 is 0. The molecule has 0 radical (unpaired) electrons. The highest BCUT2D eigenvalue weighted by molar-refractivity contribution is 7.53. The molecule has 2 heterocycles. The Morgan fingerprint density at radius 2 is 1.78 bits per heavy atom. The SMILES string of the molecule is COc1cc2c(cc1OC)CN(C(=O)[C@@H]1CCCN(CCN(c3ccc(F)cc3)P(=O)(O)O)C1)CC2. The highest BCUT2D eigenvalue weighted by Crippen LogP contribution is 2.43. The monoisotopic (exact) mass is 521 g/mol. The van der Waals surface area contributed by atoms with Gasteiger partial charge in [0.15, 0.2) is 11.5 Å². The number of anilines is 1. The molecule has 9 nitrogen and oxygen atoms in total. The standard InChI is InChI=1S/C25H33FN3O6P/c1-34-23-14-18-9-11-28(17-20(18)15-24(23)35-2)25(30)19-4-3-10-27(16-19)12-13-29(36(31,32)33)22-7-5-21(26)6-8-22/h5-8,14-15,19H,3-4,9-13,16-17H2,1-2H3,(H2,31,32,33)/t19-/m1/s1. The number of rotatable bonds is 8. The molecule has 2 aromatic carbocycles. The van der Waals surface area contributed by atoms with Crippen LogP contribution in [0.2, 0.25) is 0 Å². The second-order valence-electron chi connectivity index (χ2n) is 9.24. The molecule has 0 spiro atoms. The van der Waals surface area contributed by atoms with E-state index in [1.54, 1.807) is 14.2 Å². The van der Waals surface area contributed by atoms with E-state index in [9.17, 15) is 23.5 Å². The van der Waals surface area contributed by atoms with E-state index < -0.39 is 13.6 Å². The summed E-state index contributed by atoms with van der Waals surface area (Å²) in [5, 5.41) is 0. The van der Waals surface area contributed by atoms with E-state index in [1.165, 1.54) is 24.3 Å². The number of likely N-dealkylation sites (tertiary alicyclic amines) is 1. The lowest BCUT2D eigenvalue weighted by Crippen LogP contribution is -2.47. The van der Waals surface area contributed by atoms with E-state index in [1.807, 2.05) is 17.0 Å². The van der Waals surface area contributed by atoms with Gasteiger partial charge in [0.2, 0.25) is 5.91 Å². The molecule has 1 saturated heterocycles. The molecule has 2 aliphatic rings. The molecule has 196 valence electrons. The van der Waals surface area contributed by atoms with Crippen molar-refractivity contribution < 1.29 is 33.0 Å². The molecule has 36 heavy (non-hydrogen) atoms. The lowest BCUT2D eigenvalue weighted by atomic mass is 9.93. The number of ether oxygens (including phenoxy) is 2. The third kappa shape index (κ3) is 6.00. The summed E-state index contributed by atoms with van der Waals surface area (Å²) in [5.74, 6) is 0.786. The molecular formula is C25H33FN3O6P. The summed E-state index contributed by atoms with van der Waals surface area (Å²) in [4.78, 5) is 37.1. The maximum atomic E-state index is 13.4. The minimum atomic E-state index is -4.59. The Kier molecular flexibility index (Phi) is 8.20. The smallest absolute Gasteiger partial charge is 0.430 e. The lowest BCUT2D eigenvalue weighted by Gasteiger charge is -2.37. The average molecular weight is 522 g/mol. The van der Waals surface area contributed by atoms with Gasteiger partial charge >= 0.3 is 7.75 Å². The van der Waals surface area contributed by atoms with Gasteiger partial charge in [0, 0.05) is 38.4 Å². The predicted molar refractivity (Wildman–Crippen MR) is 134 cm³/mol. The van der Waals surface area contributed by atoms with E-state index in [-0.39, 0.29) is 24.1 Å². The van der Waals surface area contributed by atoms with Gasteiger partial charge in [-0.25, -0.2) is 8.96 Å². The topological polar surface area (TPSA) is 103 Å². The fourth-order valence-electron chi connectivity index (χ4n) is 5.05. The fraction of sp³-hybridized carbons (Fsp3) is 0.480. The molecule has 2 aliphatic heterocycles. The van der Waals surface area contributed by atoms with Crippen LogP contribution in [0.25, 0.3) is 0 Å². The molecule has 1 amide bonds. The van der Waals surface area contributed by atoms with Crippen molar-refractivity contribution in [2.75, 3.05) is 51.6 Å². The minimum absolute atomic E-state index is 0.0650. The van der Waals surface area contributed by atoms with Crippen LogP contribution in [0.5, 0.6) is 11.5 Å². The number of hydrogen-bond donors (Lipinski definition) is 2. The quantitative estimate of drug-likeness (QED) is 0.511. The van der Waals surface area contributed by atoms with Gasteiger partial charge in [0.1, 0.15) is 5.82 Å². The van der Waals surface area contributed by atoms with E-state index in [2.05, 4.69) is 4.90 Å². The molecule has 2 aromatic rings. The lowest BCUT2D eigenvalue weighted by molar-refractivity contribution is -0.138. The summed E-state index contributed by atoms with van der Waals surface area (Å²) < 4.78 is 37.2. The Morgan fingerprint density at radius 3 is 2.42 bits per heavy atom. The Hall–Kier alpha value is -2.65. The van der Waals surface area contributed by atoms with Crippen molar-refractivity contribution in [3.05, 3.63) is 53.3 Å². The number of benzene rings is 2. The maximum Gasteiger partial charge on any atom is 0.430 e. The molecule has 1 fully saturated rings. The second kappa shape index (κ2) is 11.2. The minimum Gasteiger partial charge on any atom is -0.493 e.